The number of hydrogen-bond acceptors (Lipinski definition) is 8. The van der Waals surface area contributed by atoms with Gasteiger partial charge in [-0.05, 0) is 56.4 Å². The zero-order chi connectivity index (χ0) is 27.3. The second kappa shape index (κ2) is 20.0. The molecule has 38 heavy (non-hydrogen) atoms. The Morgan fingerprint density at radius 2 is 1.39 bits per heavy atom. The first-order valence-electron chi connectivity index (χ1n) is 13.1. The maximum Gasteiger partial charge on any atom is 0.411 e. The van der Waals surface area contributed by atoms with E-state index in [1.807, 2.05) is 0 Å². The minimum atomic E-state index is -0.887. The molecule has 212 valence electrons. The zero-order valence-electron chi connectivity index (χ0n) is 21.9. The second-order valence-electron chi connectivity index (χ2n) is 8.56. The summed E-state index contributed by atoms with van der Waals surface area (Å²) >= 11 is 0. The molecular formula is C27H40N2O9. The molecule has 3 N–H and O–H groups in total. The number of carboxylic acid groups (broad SMARTS) is 1. The predicted octanol–water partition coefficient (Wildman–Crippen LogP) is 3.39. The lowest BCUT2D eigenvalue weighted by atomic mass is 10.0. The van der Waals surface area contributed by atoms with Crippen LogP contribution in [0.3, 0.4) is 0 Å². The smallest absolute Gasteiger partial charge is 0.411 e. The van der Waals surface area contributed by atoms with Crippen molar-refractivity contribution in [2.75, 3.05) is 64.7 Å². The van der Waals surface area contributed by atoms with Gasteiger partial charge < -0.3 is 34.1 Å². The molecule has 2 amide bonds. The lowest BCUT2D eigenvalue weighted by molar-refractivity contribution is -0.138. The highest BCUT2D eigenvalue weighted by Crippen LogP contribution is 2.17. The summed E-state index contributed by atoms with van der Waals surface area (Å²) in [5.41, 5.74) is 1.04. The standard InChI is InChI=1S/C27H40N2O9/c30-25(31)12-14-34-16-18-36-20-21-37-19-17-35-15-13-28-26(32)22-8-10-23(11-9-22)29-27(33)38-24-6-4-2-1-3-5-7-24/h1-2,8-11,24H,3-7,12-21H2,(H,28,32)(H,29,33)(H,30,31)/b2-1+. The van der Waals surface area contributed by atoms with Gasteiger partial charge in [-0.25, -0.2) is 4.79 Å². The lowest BCUT2D eigenvalue weighted by Crippen LogP contribution is -2.27. The fourth-order valence-corrected chi connectivity index (χ4v) is 3.51. The van der Waals surface area contributed by atoms with E-state index in [1.54, 1.807) is 24.3 Å². The second-order valence-corrected chi connectivity index (χ2v) is 8.56. The Kier molecular flexibility index (Phi) is 16.5. The van der Waals surface area contributed by atoms with Gasteiger partial charge in [-0.2, -0.15) is 0 Å². The summed E-state index contributed by atoms with van der Waals surface area (Å²) < 4.78 is 26.8. The fraction of sp³-hybridized carbons (Fsp3) is 0.593. The average molecular weight is 537 g/mol. The van der Waals surface area contributed by atoms with E-state index >= 15 is 0 Å². The highest BCUT2D eigenvalue weighted by molar-refractivity contribution is 5.95. The number of amides is 2. The van der Waals surface area contributed by atoms with Crippen LogP contribution in [0.15, 0.2) is 36.4 Å². The number of allylic oxidation sites excluding steroid dienone is 2. The van der Waals surface area contributed by atoms with Crippen LogP contribution in [-0.2, 0) is 28.5 Å². The van der Waals surface area contributed by atoms with Gasteiger partial charge in [0.05, 0.1) is 59.3 Å². The van der Waals surface area contributed by atoms with Crippen molar-refractivity contribution in [1.29, 1.82) is 0 Å². The first-order valence-corrected chi connectivity index (χ1v) is 13.1. The zero-order valence-corrected chi connectivity index (χ0v) is 21.9. The van der Waals surface area contributed by atoms with Crippen LogP contribution in [0.2, 0.25) is 0 Å². The lowest BCUT2D eigenvalue weighted by Gasteiger charge is -2.18. The molecular weight excluding hydrogens is 496 g/mol. The van der Waals surface area contributed by atoms with E-state index in [2.05, 4.69) is 22.8 Å². The van der Waals surface area contributed by atoms with Gasteiger partial charge in [-0.3, -0.25) is 14.9 Å². The number of ether oxygens (including phenoxy) is 5. The van der Waals surface area contributed by atoms with Crippen LogP contribution in [0.1, 0.15) is 48.9 Å². The Morgan fingerprint density at radius 3 is 2.05 bits per heavy atom. The predicted molar refractivity (Wildman–Crippen MR) is 140 cm³/mol. The number of carbonyl (C=O) groups excluding carboxylic acids is 2. The molecule has 1 unspecified atom stereocenters. The number of aliphatic carboxylic acids is 1. The van der Waals surface area contributed by atoms with Crippen molar-refractivity contribution >= 4 is 23.7 Å². The first-order chi connectivity index (χ1) is 18.5. The average Bonchev–Trinajstić information content (AvgIpc) is 2.88. The highest BCUT2D eigenvalue weighted by Gasteiger charge is 2.15. The Balaban J connectivity index is 1.45. The van der Waals surface area contributed by atoms with Gasteiger partial charge >= 0.3 is 12.1 Å². The molecule has 1 aromatic carbocycles. The van der Waals surface area contributed by atoms with Crippen molar-refractivity contribution in [3.8, 4) is 0 Å². The van der Waals surface area contributed by atoms with Gasteiger partial charge in [0, 0.05) is 17.8 Å². The summed E-state index contributed by atoms with van der Waals surface area (Å²) in [6.07, 6.45) is 8.34. The molecule has 2 rings (SSSR count). The van der Waals surface area contributed by atoms with Gasteiger partial charge in [0.15, 0.2) is 0 Å². The maximum absolute atomic E-state index is 12.3. The summed E-state index contributed by atoms with van der Waals surface area (Å²) in [4.78, 5) is 34.8. The van der Waals surface area contributed by atoms with Gasteiger partial charge in [-0.1, -0.05) is 12.2 Å². The first kappa shape index (κ1) is 31.2. The summed E-state index contributed by atoms with van der Waals surface area (Å²) in [6, 6.07) is 6.62. The molecule has 11 nitrogen and oxygen atoms in total. The molecule has 0 radical (unpaired) electrons. The fourth-order valence-electron chi connectivity index (χ4n) is 3.51. The number of nitrogens with one attached hydrogen (secondary N) is 2. The van der Waals surface area contributed by atoms with E-state index in [0.717, 1.165) is 32.1 Å². The monoisotopic (exact) mass is 536 g/mol. The minimum absolute atomic E-state index is 0.0179. The van der Waals surface area contributed by atoms with Crippen LogP contribution < -0.4 is 10.6 Å². The number of benzene rings is 1. The van der Waals surface area contributed by atoms with E-state index in [4.69, 9.17) is 28.8 Å². The van der Waals surface area contributed by atoms with E-state index in [0.29, 0.717) is 64.0 Å². The van der Waals surface area contributed by atoms with Crippen molar-refractivity contribution in [3.05, 3.63) is 42.0 Å². The molecule has 0 fully saturated rings. The molecule has 0 aromatic heterocycles. The van der Waals surface area contributed by atoms with Crippen LogP contribution in [0, 0.1) is 0 Å². The van der Waals surface area contributed by atoms with Crippen molar-refractivity contribution in [1.82, 2.24) is 5.32 Å². The third kappa shape index (κ3) is 15.3. The minimum Gasteiger partial charge on any atom is -0.481 e. The molecule has 11 heteroatoms. The van der Waals surface area contributed by atoms with Crippen molar-refractivity contribution in [3.63, 3.8) is 0 Å². The molecule has 0 bridgehead atoms. The molecule has 1 aliphatic carbocycles. The summed E-state index contributed by atoms with van der Waals surface area (Å²) in [6.45, 7) is 3.22. The quantitative estimate of drug-likeness (QED) is 0.190. The topological polar surface area (TPSA) is 142 Å². The molecule has 0 aliphatic heterocycles. The summed E-state index contributed by atoms with van der Waals surface area (Å²) in [5.74, 6) is -1.12. The van der Waals surface area contributed by atoms with Crippen LogP contribution in [0.25, 0.3) is 0 Å². The van der Waals surface area contributed by atoms with E-state index in [9.17, 15) is 14.4 Å². The highest BCUT2D eigenvalue weighted by atomic mass is 16.6. The van der Waals surface area contributed by atoms with Gasteiger partial charge in [0.25, 0.3) is 5.91 Å². The molecule has 0 saturated carbocycles. The van der Waals surface area contributed by atoms with Crippen molar-refractivity contribution in [2.24, 2.45) is 0 Å². The number of anilines is 1. The van der Waals surface area contributed by atoms with Gasteiger partial charge in [-0.15, -0.1) is 0 Å². The van der Waals surface area contributed by atoms with Crippen molar-refractivity contribution < 1.29 is 43.2 Å². The van der Waals surface area contributed by atoms with Crippen LogP contribution in [0.4, 0.5) is 10.5 Å². The molecule has 0 heterocycles. The van der Waals surface area contributed by atoms with E-state index in [-0.39, 0.29) is 25.0 Å². The van der Waals surface area contributed by atoms with Crippen LogP contribution >= 0.6 is 0 Å². The van der Waals surface area contributed by atoms with Gasteiger partial charge in [0.2, 0.25) is 0 Å². The third-order valence-corrected chi connectivity index (χ3v) is 5.49. The number of carboxylic acids is 1. The Bertz CT molecular complexity index is 845. The molecule has 1 atom stereocenters. The maximum atomic E-state index is 12.3. The van der Waals surface area contributed by atoms with Gasteiger partial charge in [0.1, 0.15) is 6.10 Å². The Hall–Kier alpha value is -2.99. The Morgan fingerprint density at radius 1 is 0.789 bits per heavy atom. The molecule has 0 spiro atoms. The van der Waals surface area contributed by atoms with Crippen LogP contribution in [-0.4, -0.2) is 88.6 Å². The van der Waals surface area contributed by atoms with E-state index in [1.165, 1.54) is 0 Å². The largest absolute Gasteiger partial charge is 0.481 e. The number of hydrogen-bond donors (Lipinski definition) is 3. The van der Waals surface area contributed by atoms with E-state index < -0.39 is 12.1 Å². The van der Waals surface area contributed by atoms with Crippen molar-refractivity contribution in [2.45, 2.75) is 44.6 Å². The molecule has 1 aliphatic rings. The SMILES string of the molecule is O=C(O)CCOCCOCCOCCOCCNC(=O)c1ccc(NC(=O)OC2CC/C=C/CCC2)cc1. The third-order valence-electron chi connectivity index (χ3n) is 5.49. The summed E-state index contributed by atoms with van der Waals surface area (Å²) in [7, 11) is 0. The molecule has 0 saturated heterocycles. The molecule has 1 aromatic rings. The summed E-state index contributed by atoms with van der Waals surface area (Å²) in [5, 5.41) is 14.0. The number of carbonyl (C=O) groups is 3. The normalized spacial score (nSPS) is 16.2. The Labute approximate surface area is 223 Å². The number of rotatable bonds is 18. The van der Waals surface area contributed by atoms with Crippen LogP contribution in [0.5, 0.6) is 0 Å².